The third-order valence-electron chi connectivity index (χ3n) is 5.25. The zero-order chi connectivity index (χ0) is 21.4. The second kappa shape index (κ2) is 8.21. The van der Waals surface area contributed by atoms with Crippen LogP contribution in [-0.4, -0.2) is 68.6 Å². The summed E-state index contributed by atoms with van der Waals surface area (Å²) in [4.78, 5) is 12.6. The second-order valence-corrected chi connectivity index (χ2v) is 7.28. The van der Waals surface area contributed by atoms with Gasteiger partial charge in [0.2, 0.25) is 6.29 Å². The number of hydrogen-bond donors (Lipinski definition) is 5. The highest BCUT2D eigenvalue weighted by Gasteiger charge is 2.45. The lowest BCUT2D eigenvalue weighted by molar-refractivity contribution is -0.277. The Morgan fingerprint density at radius 3 is 2.47 bits per heavy atom. The van der Waals surface area contributed by atoms with E-state index in [0.29, 0.717) is 0 Å². The topological polar surface area (TPSA) is 146 Å². The first-order chi connectivity index (χ1) is 14.4. The van der Waals surface area contributed by atoms with Gasteiger partial charge in [0, 0.05) is 12.1 Å². The summed E-state index contributed by atoms with van der Waals surface area (Å²) in [5.41, 5.74) is 0.833. The Kier molecular flexibility index (Phi) is 5.63. The lowest BCUT2D eigenvalue weighted by Gasteiger charge is -2.39. The Bertz CT molecular complexity index is 914. The molecule has 0 radical (unpaired) electrons. The fourth-order valence-corrected chi connectivity index (χ4v) is 3.64. The van der Waals surface area contributed by atoms with Crippen molar-refractivity contribution in [2.24, 2.45) is 0 Å². The minimum absolute atomic E-state index is 0.0112. The summed E-state index contributed by atoms with van der Waals surface area (Å²) < 4.78 is 16.8. The Morgan fingerprint density at radius 2 is 1.77 bits per heavy atom. The third-order valence-corrected chi connectivity index (χ3v) is 5.25. The molecule has 2 aliphatic heterocycles. The number of hydrogen-bond acceptors (Lipinski definition) is 9. The number of ketones is 1. The molecule has 4 rings (SSSR count). The van der Waals surface area contributed by atoms with Crippen LogP contribution in [-0.2, 0) is 4.74 Å². The Balaban J connectivity index is 1.60. The van der Waals surface area contributed by atoms with Crippen LogP contribution in [0.1, 0.15) is 28.4 Å². The highest BCUT2D eigenvalue weighted by atomic mass is 16.7. The molecule has 0 unspecified atom stereocenters. The molecule has 6 atom stereocenters. The van der Waals surface area contributed by atoms with Gasteiger partial charge in [0.15, 0.2) is 5.78 Å². The molecule has 5 N–H and O–H groups in total. The number of Topliss-reactive ketones (excluding diaryl/α,β-unsaturated/α-hetero) is 1. The first-order valence-corrected chi connectivity index (χ1v) is 9.48. The molecule has 0 amide bonds. The number of aliphatic hydroxyl groups excluding tert-OH is 4. The zero-order valence-electron chi connectivity index (χ0n) is 15.8. The Morgan fingerprint density at radius 1 is 1.03 bits per heavy atom. The van der Waals surface area contributed by atoms with Gasteiger partial charge in [-0.15, -0.1) is 0 Å². The fourth-order valence-electron chi connectivity index (χ4n) is 3.64. The van der Waals surface area contributed by atoms with Crippen LogP contribution in [0.25, 0.3) is 0 Å². The van der Waals surface area contributed by atoms with E-state index in [9.17, 15) is 30.3 Å². The van der Waals surface area contributed by atoms with Gasteiger partial charge in [-0.1, -0.05) is 30.3 Å². The van der Waals surface area contributed by atoms with Crippen molar-refractivity contribution >= 4 is 5.78 Å². The first-order valence-electron chi connectivity index (χ1n) is 9.48. The van der Waals surface area contributed by atoms with Crippen LogP contribution < -0.4 is 9.47 Å². The van der Waals surface area contributed by atoms with Crippen LogP contribution in [0.5, 0.6) is 17.2 Å². The number of carbonyl (C=O) groups excluding carboxylic acids is 1. The van der Waals surface area contributed by atoms with Gasteiger partial charge in [0.25, 0.3) is 0 Å². The molecular formula is C21H22O9. The van der Waals surface area contributed by atoms with Gasteiger partial charge in [0.1, 0.15) is 53.3 Å². The molecule has 2 aromatic carbocycles. The maximum atomic E-state index is 12.6. The minimum Gasteiger partial charge on any atom is -0.507 e. The van der Waals surface area contributed by atoms with Crippen molar-refractivity contribution in [3.8, 4) is 17.2 Å². The molecule has 0 bridgehead atoms. The molecule has 1 fully saturated rings. The van der Waals surface area contributed by atoms with Crippen molar-refractivity contribution in [1.29, 1.82) is 0 Å². The average molecular weight is 418 g/mol. The molecule has 2 aromatic rings. The van der Waals surface area contributed by atoms with Crippen LogP contribution in [0, 0.1) is 0 Å². The maximum absolute atomic E-state index is 12.6. The normalized spacial score (nSPS) is 31.0. The zero-order valence-corrected chi connectivity index (χ0v) is 15.8. The number of aliphatic hydroxyl groups is 4. The predicted octanol–water partition coefficient (Wildman–Crippen LogP) is 0.277. The number of fused-ring (bicyclic) bond motifs is 1. The number of aromatic hydroxyl groups is 1. The Labute approximate surface area is 171 Å². The molecule has 2 heterocycles. The highest BCUT2D eigenvalue weighted by Crippen LogP contribution is 2.42. The second-order valence-electron chi connectivity index (χ2n) is 7.28. The highest BCUT2D eigenvalue weighted by molar-refractivity contribution is 6.02. The van der Waals surface area contributed by atoms with E-state index in [0.717, 1.165) is 5.56 Å². The molecule has 2 aliphatic rings. The van der Waals surface area contributed by atoms with Gasteiger partial charge in [0.05, 0.1) is 13.0 Å². The summed E-state index contributed by atoms with van der Waals surface area (Å²) in [6.07, 6.45) is -7.77. The fraction of sp³-hybridized carbons (Fsp3) is 0.381. The number of rotatable bonds is 4. The molecule has 9 heteroatoms. The standard InChI is InChI=1S/C21H22O9/c22-9-16-18(25)19(26)20(27)21(30-16)28-11-6-12(23)17-13(24)8-14(29-15(17)7-11)10-4-2-1-3-5-10/h1-7,14,16,18-23,25-27H,8-9H2/t14-,16+,18+,19-,20+,21+/m0/s1. The van der Waals surface area contributed by atoms with Crippen LogP contribution in [0.3, 0.4) is 0 Å². The summed E-state index contributed by atoms with van der Waals surface area (Å²) in [5.74, 6) is -0.526. The number of carbonyl (C=O) groups is 1. The lowest BCUT2D eigenvalue weighted by atomic mass is 9.95. The van der Waals surface area contributed by atoms with Gasteiger partial charge >= 0.3 is 0 Å². The van der Waals surface area contributed by atoms with Gasteiger partial charge in [-0.2, -0.15) is 0 Å². The number of phenolic OH excluding ortho intramolecular Hbond substituents is 1. The summed E-state index contributed by atoms with van der Waals surface area (Å²) in [5, 5.41) is 49.5. The van der Waals surface area contributed by atoms with Crippen molar-refractivity contribution in [3.63, 3.8) is 0 Å². The van der Waals surface area contributed by atoms with Gasteiger partial charge in [-0.05, 0) is 5.56 Å². The smallest absolute Gasteiger partial charge is 0.229 e. The van der Waals surface area contributed by atoms with E-state index in [1.807, 2.05) is 30.3 Å². The predicted molar refractivity (Wildman–Crippen MR) is 101 cm³/mol. The molecule has 0 aromatic heterocycles. The quantitative estimate of drug-likeness (QED) is 0.472. The summed E-state index contributed by atoms with van der Waals surface area (Å²) >= 11 is 0. The van der Waals surface area contributed by atoms with Crippen molar-refractivity contribution < 1.29 is 44.5 Å². The largest absolute Gasteiger partial charge is 0.507 e. The number of benzene rings is 2. The van der Waals surface area contributed by atoms with Gasteiger partial charge < -0.3 is 39.7 Å². The van der Waals surface area contributed by atoms with Gasteiger partial charge in [-0.25, -0.2) is 0 Å². The van der Waals surface area contributed by atoms with E-state index < -0.39 is 43.4 Å². The first kappa shape index (κ1) is 20.6. The molecule has 30 heavy (non-hydrogen) atoms. The summed E-state index contributed by atoms with van der Waals surface area (Å²) in [6, 6.07) is 11.7. The monoisotopic (exact) mass is 418 g/mol. The minimum atomic E-state index is -1.61. The molecule has 1 saturated heterocycles. The molecule has 0 spiro atoms. The van der Waals surface area contributed by atoms with Crippen molar-refractivity contribution in [2.45, 2.75) is 43.2 Å². The third kappa shape index (κ3) is 3.73. The van der Waals surface area contributed by atoms with Crippen LogP contribution in [0.15, 0.2) is 42.5 Å². The molecule has 9 nitrogen and oxygen atoms in total. The van der Waals surface area contributed by atoms with Crippen LogP contribution in [0.4, 0.5) is 0 Å². The van der Waals surface area contributed by atoms with E-state index in [-0.39, 0.29) is 35.0 Å². The van der Waals surface area contributed by atoms with Crippen molar-refractivity contribution in [2.75, 3.05) is 6.61 Å². The number of ether oxygens (including phenoxy) is 3. The van der Waals surface area contributed by atoms with E-state index in [2.05, 4.69) is 0 Å². The van der Waals surface area contributed by atoms with Gasteiger partial charge in [-0.3, -0.25) is 4.79 Å². The van der Waals surface area contributed by atoms with Crippen LogP contribution >= 0.6 is 0 Å². The van der Waals surface area contributed by atoms with Crippen molar-refractivity contribution in [1.82, 2.24) is 0 Å². The molecule has 0 saturated carbocycles. The van der Waals surface area contributed by atoms with E-state index >= 15 is 0 Å². The molecule has 160 valence electrons. The van der Waals surface area contributed by atoms with Crippen molar-refractivity contribution in [3.05, 3.63) is 53.6 Å². The average Bonchev–Trinajstić information content (AvgIpc) is 2.74. The summed E-state index contributed by atoms with van der Waals surface area (Å²) in [7, 11) is 0. The lowest BCUT2D eigenvalue weighted by Crippen LogP contribution is -2.60. The summed E-state index contributed by atoms with van der Waals surface area (Å²) in [6.45, 7) is -0.601. The van der Waals surface area contributed by atoms with Crippen LogP contribution in [0.2, 0.25) is 0 Å². The SMILES string of the molecule is O=C1C[C@@H](c2ccccc2)Oc2cc(O[C@@H]3O[C@H](CO)[C@@H](O)[C@H](O)[C@H]3O)cc(O)c21. The maximum Gasteiger partial charge on any atom is 0.229 e. The van der Waals surface area contributed by atoms with E-state index in [1.165, 1.54) is 12.1 Å². The van der Waals surface area contributed by atoms with E-state index in [4.69, 9.17) is 14.2 Å². The van der Waals surface area contributed by atoms with E-state index in [1.54, 1.807) is 0 Å². The Hall–Kier alpha value is -2.69. The molecule has 0 aliphatic carbocycles. The molecular weight excluding hydrogens is 396 g/mol. The number of phenols is 1.